The maximum Gasteiger partial charge on any atom is 0.269 e. The van der Waals surface area contributed by atoms with Gasteiger partial charge in [-0.05, 0) is 50.9 Å². The Morgan fingerprint density at radius 2 is 2.21 bits per heavy atom. The van der Waals surface area contributed by atoms with Crippen molar-refractivity contribution in [3.63, 3.8) is 0 Å². The van der Waals surface area contributed by atoms with Gasteiger partial charge in [0.25, 0.3) is 5.91 Å². The van der Waals surface area contributed by atoms with E-state index in [-0.39, 0.29) is 17.9 Å². The summed E-state index contributed by atoms with van der Waals surface area (Å²) < 4.78 is 1.75. The van der Waals surface area contributed by atoms with Crippen molar-refractivity contribution in [2.24, 2.45) is 0 Å². The zero-order chi connectivity index (χ0) is 19.8. The summed E-state index contributed by atoms with van der Waals surface area (Å²) in [4.78, 5) is 19.5. The van der Waals surface area contributed by atoms with Crippen LogP contribution in [0.4, 0.5) is 0 Å². The molecule has 0 bridgehead atoms. The third-order valence-corrected chi connectivity index (χ3v) is 5.40. The zero-order valence-corrected chi connectivity index (χ0v) is 16.9. The van der Waals surface area contributed by atoms with Gasteiger partial charge in [-0.25, -0.2) is 9.50 Å². The molecule has 1 aliphatic rings. The number of nitrogens with one attached hydrogen (secondary N) is 2. The normalized spacial score (nSPS) is 18.1. The first-order valence-electron chi connectivity index (χ1n) is 9.82. The zero-order valence-electron chi connectivity index (χ0n) is 16.9. The van der Waals surface area contributed by atoms with E-state index in [1.165, 1.54) is 0 Å². The maximum absolute atomic E-state index is 13.0. The van der Waals surface area contributed by atoms with E-state index in [2.05, 4.69) is 51.4 Å². The summed E-state index contributed by atoms with van der Waals surface area (Å²) in [6.07, 6.45) is 5.56. The lowest BCUT2D eigenvalue weighted by atomic mass is 9.96. The molecule has 1 fully saturated rings. The van der Waals surface area contributed by atoms with Crippen molar-refractivity contribution in [3.05, 3.63) is 35.4 Å². The molecule has 1 saturated heterocycles. The number of hydrogen-bond donors (Lipinski definition) is 2. The summed E-state index contributed by atoms with van der Waals surface area (Å²) >= 11 is 0. The molecule has 4 rings (SSSR count). The quantitative estimate of drug-likeness (QED) is 0.724. The van der Waals surface area contributed by atoms with Crippen molar-refractivity contribution in [2.75, 3.05) is 20.1 Å². The van der Waals surface area contributed by atoms with Gasteiger partial charge in [0, 0.05) is 29.9 Å². The molecule has 4 heterocycles. The third kappa shape index (κ3) is 3.40. The molecule has 148 valence electrons. The van der Waals surface area contributed by atoms with Gasteiger partial charge in [-0.1, -0.05) is 13.8 Å². The van der Waals surface area contributed by atoms with E-state index >= 15 is 0 Å². The van der Waals surface area contributed by atoms with Crippen LogP contribution >= 0.6 is 0 Å². The molecule has 3 aromatic heterocycles. The first-order valence-corrected chi connectivity index (χ1v) is 9.82. The minimum absolute atomic E-state index is 0.0821. The Hall–Kier alpha value is -2.74. The number of likely N-dealkylation sites (N-methyl/N-ethyl adjacent to an activating group) is 1. The van der Waals surface area contributed by atoms with Crippen molar-refractivity contribution >= 4 is 11.6 Å². The van der Waals surface area contributed by atoms with Crippen LogP contribution in [0.2, 0.25) is 0 Å². The number of amides is 1. The van der Waals surface area contributed by atoms with Gasteiger partial charge >= 0.3 is 0 Å². The predicted octanol–water partition coefficient (Wildman–Crippen LogP) is 2.38. The van der Waals surface area contributed by atoms with Crippen LogP contribution in [0.3, 0.4) is 0 Å². The number of pyridine rings is 1. The lowest BCUT2D eigenvalue weighted by molar-refractivity contribution is 0.0906. The van der Waals surface area contributed by atoms with E-state index in [1.54, 1.807) is 10.8 Å². The number of nitrogens with zero attached hydrogens (tertiary/aromatic N) is 5. The van der Waals surface area contributed by atoms with Crippen LogP contribution in [0.15, 0.2) is 18.6 Å². The molecule has 0 spiro atoms. The summed E-state index contributed by atoms with van der Waals surface area (Å²) in [5.74, 6) is 0.0663. The van der Waals surface area contributed by atoms with Gasteiger partial charge in [-0.3, -0.25) is 9.89 Å². The number of hydrogen-bond acceptors (Lipinski definition) is 5. The first kappa shape index (κ1) is 18.6. The SMILES string of the molecule is Cc1cc(-c2n[nH]c(C(=O)NC3CCCN(C)C3)c2C(C)C)cn2ncnc12. The van der Waals surface area contributed by atoms with Gasteiger partial charge in [0.15, 0.2) is 5.65 Å². The maximum atomic E-state index is 13.0. The smallest absolute Gasteiger partial charge is 0.269 e. The lowest BCUT2D eigenvalue weighted by Gasteiger charge is -2.30. The average molecular weight is 381 g/mol. The third-order valence-electron chi connectivity index (χ3n) is 5.40. The summed E-state index contributed by atoms with van der Waals surface area (Å²) in [5.41, 5.74) is 5.04. The highest BCUT2D eigenvalue weighted by molar-refractivity contribution is 5.96. The Balaban J connectivity index is 1.68. The second kappa shape index (κ2) is 7.35. The number of H-pyrrole nitrogens is 1. The van der Waals surface area contributed by atoms with E-state index < -0.39 is 0 Å². The van der Waals surface area contributed by atoms with E-state index in [0.717, 1.165) is 54.0 Å². The van der Waals surface area contributed by atoms with Crippen LogP contribution in [0.25, 0.3) is 16.9 Å². The Bertz CT molecular complexity index is 1000. The highest BCUT2D eigenvalue weighted by atomic mass is 16.2. The Kier molecular flexibility index (Phi) is 4.89. The van der Waals surface area contributed by atoms with Crippen LogP contribution in [0.5, 0.6) is 0 Å². The molecule has 2 N–H and O–H groups in total. The molecule has 0 aromatic carbocycles. The second-order valence-electron chi connectivity index (χ2n) is 8.03. The van der Waals surface area contributed by atoms with Crippen molar-refractivity contribution in [1.29, 1.82) is 0 Å². The molecular formula is C20H27N7O. The highest BCUT2D eigenvalue weighted by Crippen LogP contribution is 2.31. The first-order chi connectivity index (χ1) is 13.4. The van der Waals surface area contributed by atoms with Crippen molar-refractivity contribution in [3.8, 4) is 11.3 Å². The number of carbonyl (C=O) groups excluding carboxylic acids is 1. The Morgan fingerprint density at radius 1 is 1.39 bits per heavy atom. The highest BCUT2D eigenvalue weighted by Gasteiger charge is 2.26. The fourth-order valence-electron chi connectivity index (χ4n) is 4.07. The van der Waals surface area contributed by atoms with Gasteiger partial charge in [0.2, 0.25) is 0 Å². The van der Waals surface area contributed by atoms with Crippen molar-refractivity contribution in [2.45, 2.75) is 45.6 Å². The number of rotatable bonds is 4. The molecule has 0 radical (unpaired) electrons. The van der Waals surface area contributed by atoms with E-state index in [4.69, 9.17) is 0 Å². The second-order valence-corrected chi connectivity index (χ2v) is 8.03. The summed E-state index contributed by atoms with van der Waals surface area (Å²) in [5, 5.41) is 14.9. The molecule has 1 unspecified atom stereocenters. The van der Waals surface area contributed by atoms with Crippen LogP contribution in [0.1, 0.15) is 54.2 Å². The summed E-state index contributed by atoms with van der Waals surface area (Å²) in [6.45, 7) is 8.14. The van der Waals surface area contributed by atoms with Crippen molar-refractivity contribution in [1.82, 2.24) is 35.0 Å². The Morgan fingerprint density at radius 3 is 2.96 bits per heavy atom. The fraction of sp³-hybridized carbons (Fsp3) is 0.500. The van der Waals surface area contributed by atoms with Gasteiger partial charge in [-0.15, -0.1) is 0 Å². The van der Waals surface area contributed by atoms with E-state index in [9.17, 15) is 4.79 Å². The monoisotopic (exact) mass is 381 g/mol. The number of aryl methyl sites for hydroxylation is 1. The fourth-order valence-corrected chi connectivity index (χ4v) is 4.07. The standard InChI is InChI=1S/C20H27N7O/c1-12(2)16-17(14-8-13(3)19-21-11-22-27(19)9-14)24-25-18(16)20(28)23-15-6-5-7-26(4)10-15/h8-9,11-12,15H,5-7,10H2,1-4H3,(H,23,28)(H,24,25). The molecule has 1 atom stereocenters. The number of aromatic amines is 1. The van der Waals surface area contributed by atoms with E-state index in [0.29, 0.717) is 5.69 Å². The molecule has 8 nitrogen and oxygen atoms in total. The van der Waals surface area contributed by atoms with Crippen LogP contribution in [-0.4, -0.2) is 61.8 Å². The minimum atomic E-state index is -0.0821. The number of likely N-dealkylation sites (tertiary alicyclic amines) is 1. The van der Waals surface area contributed by atoms with Gasteiger partial charge in [0.05, 0.1) is 5.69 Å². The average Bonchev–Trinajstić information content (AvgIpc) is 3.28. The van der Waals surface area contributed by atoms with Gasteiger partial charge in [0.1, 0.15) is 12.0 Å². The Labute approximate surface area is 164 Å². The number of carbonyl (C=O) groups is 1. The minimum Gasteiger partial charge on any atom is -0.347 e. The van der Waals surface area contributed by atoms with E-state index in [1.807, 2.05) is 19.2 Å². The topological polar surface area (TPSA) is 91.2 Å². The molecule has 0 aliphatic carbocycles. The largest absolute Gasteiger partial charge is 0.347 e. The van der Waals surface area contributed by atoms with Crippen molar-refractivity contribution < 1.29 is 4.79 Å². The van der Waals surface area contributed by atoms with Crippen LogP contribution in [-0.2, 0) is 0 Å². The molecular weight excluding hydrogens is 354 g/mol. The predicted molar refractivity (Wildman–Crippen MR) is 107 cm³/mol. The summed E-state index contributed by atoms with van der Waals surface area (Å²) in [6, 6.07) is 2.22. The molecule has 0 saturated carbocycles. The molecule has 8 heteroatoms. The summed E-state index contributed by atoms with van der Waals surface area (Å²) in [7, 11) is 2.09. The lowest BCUT2D eigenvalue weighted by Crippen LogP contribution is -2.46. The molecule has 1 amide bonds. The molecule has 1 aliphatic heterocycles. The molecule has 28 heavy (non-hydrogen) atoms. The van der Waals surface area contributed by atoms with Gasteiger partial charge in [-0.2, -0.15) is 10.2 Å². The number of piperidine rings is 1. The van der Waals surface area contributed by atoms with Gasteiger partial charge < -0.3 is 10.2 Å². The van der Waals surface area contributed by atoms with Crippen LogP contribution < -0.4 is 5.32 Å². The molecule has 3 aromatic rings. The number of fused-ring (bicyclic) bond motifs is 1. The van der Waals surface area contributed by atoms with Crippen LogP contribution in [0, 0.1) is 6.92 Å². The number of aromatic nitrogens is 5.